The Bertz CT molecular complexity index is 649. The van der Waals surface area contributed by atoms with Crippen LogP contribution >= 0.6 is 0 Å². The zero-order valence-corrected chi connectivity index (χ0v) is 16.4. The molecule has 1 saturated carbocycles. The van der Waals surface area contributed by atoms with E-state index < -0.39 is 5.97 Å². The number of rotatable bonds is 8. The first kappa shape index (κ1) is 20.9. The minimum atomic E-state index is -0.923. The molecule has 2 N–H and O–H groups in total. The molecule has 27 heavy (non-hydrogen) atoms. The van der Waals surface area contributed by atoms with Gasteiger partial charge in [0.05, 0.1) is 20.6 Å². The van der Waals surface area contributed by atoms with E-state index in [-0.39, 0.29) is 25.0 Å². The van der Waals surface area contributed by atoms with Crippen LogP contribution in [0.5, 0.6) is 11.5 Å². The van der Waals surface area contributed by atoms with Crippen LogP contribution in [0.1, 0.15) is 44.6 Å². The fourth-order valence-electron chi connectivity index (χ4n) is 3.65. The fourth-order valence-corrected chi connectivity index (χ4v) is 3.65. The number of hydrogen-bond donors (Lipinski definition) is 2. The van der Waals surface area contributed by atoms with Crippen LogP contribution in [0.15, 0.2) is 18.2 Å². The van der Waals surface area contributed by atoms with E-state index in [0.29, 0.717) is 24.0 Å². The van der Waals surface area contributed by atoms with Gasteiger partial charge in [-0.1, -0.05) is 25.8 Å². The van der Waals surface area contributed by atoms with Gasteiger partial charge in [-0.3, -0.25) is 4.79 Å². The molecule has 7 nitrogen and oxygen atoms in total. The van der Waals surface area contributed by atoms with Gasteiger partial charge in [0.15, 0.2) is 11.5 Å². The Morgan fingerprint density at radius 3 is 2.52 bits per heavy atom. The van der Waals surface area contributed by atoms with E-state index in [1.54, 1.807) is 14.2 Å². The predicted octanol–water partition coefficient (Wildman–Crippen LogP) is 3.27. The normalized spacial score (nSPS) is 19.2. The predicted molar refractivity (Wildman–Crippen MR) is 102 cm³/mol. The second-order valence-electron chi connectivity index (χ2n) is 7.02. The van der Waals surface area contributed by atoms with Crippen molar-refractivity contribution in [2.24, 2.45) is 5.92 Å². The van der Waals surface area contributed by atoms with Crippen LogP contribution in [0, 0.1) is 5.92 Å². The minimum Gasteiger partial charge on any atom is -0.493 e. The van der Waals surface area contributed by atoms with Crippen LogP contribution in [0.4, 0.5) is 4.79 Å². The third-order valence-corrected chi connectivity index (χ3v) is 5.14. The second kappa shape index (κ2) is 10.0. The first-order valence-corrected chi connectivity index (χ1v) is 9.43. The molecule has 2 amide bonds. The van der Waals surface area contributed by atoms with E-state index in [1.807, 2.05) is 23.1 Å². The third-order valence-electron chi connectivity index (χ3n) is 5.14. The number of hydrogen-bond acceptors (Lipinski definition) is 4. The van der Waals surface area contributed by atoms with Crippen molar-refractivity contribution in [1.82, 2.24) is 10.2 Å². The Balaban J connectivity index is 2.18. The highest BCUT2D eigenvalue weighted by Crippen LogP contribution is 2.31. The molecule has 1 aromatic rings. The van der Waals surface area contributed by atoms with Crippen molar-refractivity contribution in [2.75, 3.05) is 20.8 Å². The summed E-state index contributed by atoms with van der Waals surface area (Å²) in [6.45, 7) is 2.74. The lowest BCUT2D eigenvalue weighted by molar-refractivity contribution is -0.136. The zero-order chi connectivity index (χ0) is 19.8. The van der Waals surface area contributed by atoms with Crippen LogP contribution in [-0.4, -0.2) is 48.8 Å². The van der Waals surface area contributed by atoms with Gasteiger partial charge in [-0.15, -0.1) is 0 Å². The summed E-state index contributed by atoms with van der Waals surface area (Å²) in [4.78, 5) is 25.4. The molecule has 0 saturated heterocycles. The first-order valence-electron chi connectivity index (χ1n) is 9.43. The third kappa shape index (κ3) is 5.77. The summed E-state index contributed by atoms with van der Waals surface area (Å²) < 4.78 is 10.6. The van der Waals surface area contributed by atoms with Crippen LogP contribution < -0.4 is 14.8 Å². The molecule has 0 aromatic heterocycles. The molecular weight excluding hydrogens is 348 g/mol. The molecule has 2 unspecified atom stereocenters. The number of aliphatic carboxylic acids is 1. The number of urea groups is 1. The van der Waals surface area contributed by atoms with E-state index >= 15 is 0 Å². The van der Waals surface area contributed by atoms with Gasteiger partial charge in [0.25, 0.3) is 0 Å². The second-order valence-corrected chi connectivity index (χ2v) is 7.02. The smallest absolute Gasteiger partial charge is 0.317 e. The topological polar surface area (TPSA) is 88.1 Å². The van der Waals surface area contributed by atoms with Gasteiger partial charge in [0.2, 0.25) is 0 Å². The summed E-state index contributed by atoms with van der Waals surface area (Å²) in [5.41, 5.74) is 0.943. The number of carbonyl (C=O) groups is 2. The molecule has 150 valence electrons. The molecule has 0 heterocycles. The minimum absolute atomic E-state index is 0.0871. The van der Waals surface area contributed by atoms with Crippen molar-refractivity contribution in [3.8, 4) is 11.5 Å². The Morgan fingerprint density at radius 1 is 1.19 bits per heavy atom. The molecule has 2 atom stereocenters. The molecule has 1 aliphatic carbocycles. The number of carbonyl (C=O) groups excluding carboxylic acids is 1. The van der Waals surface area contributed by atoms with Crippen molar-refractivity contribution in [1.29, 1.82) is 0 Å². The summed E-state index contributed by atoms with van der Waals surface area (Å²) >= 11 is 0. The number of nitrogens with one attached hydrogen (secondary N) is 1. The first-order chi connectivity index (χ1) is 13.0. The van der Waals surface area contributed by atoms with E-state index in [0.717, 1.165) is 24.8 Å². The molecule has 2 rings (SSSR count). The number of amides is 2. The molecule has 7 heteroatoms. The lowest BCUT2D eigenvalue weighted by Gasteiger charge is -2.38. The fraction of sp³-hybridized carbons (Fsp3) is 0.600. The molecule has 1 aliphatic rings. The number of carboxylic acid groups (broad SMARTS) is 1. The molecule has 0 spiro atoms. The zero-order valence-electron chi connectivity index (χ0n) is 16.4. The Kier molecular flexibility index (Phi) is 7.76. The average Bonchev–Trinajstić information content (AvgIpc) is 2.66. The number of nitrogens with zero attached hydrogens (tertiary/aromatic N) is 1. The van der Waals surface area contributed by atoms with Gasteiger partial charge < -0.3 is 24.8 Å². The van der Waals surface area contributed by atoms with Gasteiger partial charge in [-0.2, -0.15) is 0 Å². The van der Waals surface area contributed by atoms with Crippen molar-refractivity contribution in [3.05, 3.63) is 23.8 Å². The van der Waals surface area contributed by atoms with Crippen molar-refractivity contribution >= 4 is 12.0 Å². The quantitative estimate of drug-likeness (QED) is 0.725. The summed E-state index contributed by atoms with van der Waals surface area (Å²) in [5, 5.41) is 11.6. The summed E-state index contributed by atoms with van der Waals surface area (Å²) in [7, 11) is 3.17. The van der Waals surface area contributed by atoms with E-state index in [9.17, 15) is 9.59 Å². The van der Waals surface area contributed by atoms with Crippen molar-refractivity contribution in [3.63, 3.8) is 0 Å². The van der Waals surface area contributed by atoms with Gasteiger partial charge in [-0.05, 0) is 36.5 Å². The lowest BCUT2D eigenvalue weighted by atomic mass is 9.85. The van der Waals surface area contributed by atoms with Crippen molar-refractivity contribution < 1.29 is 24.2 Å². The van der Waals surface area contributed by atoms with Gasteiger partial charge in [0, 0.05) is 19.1 Å². The van der Waals surface area contributed by atoms with E-state index in [2.05, 4.69) is 12.2 Å². The monoisotopic (exact) mass is 378 g/mol. The number of methoxy groups -OCH3 is 2. The standard InChI is InChI=1S/C20H30N2O5/c1-14-6-4-5-7-16(14)22(20(25)21-11-10-19(23)24)13-15-8-9-17(26-2)18(12-15)27-3/h8-9,12,14,16H,4-7,10-11,13H2,1-3H3,(H,21,25)(H,23,24). The number of ether oxygens (including phenoxy) is 2. The number of carboxylic acids is 1. The summed E-state index contributed by atoms with van der Waals surface area (Å²) in [6.07, 6.45) is 4.24. The van der Waals surface area contributed by atoms with Gasteiger partial charge in [0.1, 0.15) is 0 Å². The van der Waals surface area contributed by atoms with Crippen LogP contribution in [0.25, 0.3) is 0 Å². The molecular formula is C20H30N2O5. The largest absolute Gasteiger partial charge is 0.493 e. The highest BCUT2D eigenvalue weighted by Gasteiger charge is 2.30. The van der Waals surface area contributed by atoms with Gasteiger partial charge >= 0.3 is 12.0 Å². The Labute approximate surface area is 160 Å². The van der Waals surface area contributed by atoms with Crippen LogP contribution in [0.3, 0.4) is 0 Å². The van der Waals surface area contributed by atoms with Crippen LogP contribution in [0.2, 0.25) is 0 Å². The summed E-state index contributed by atoms with van der Waals surface area (Å²) in [5.74, 6) is 0.750. The Hall–Kier alpha value is -2.44. The maximum Gasteiger partial charge on any atom is 0.317 e. The van der Waals surface area contributed by atoms with Crippen LogP contribution in [-0.2, 0) is 11.3 Å². The van der Waals surface area contributed by atoms with E-state index in [1.165, 1.54) is 6.42 Å². The molecule has 1 aromatic carbocycles. The number of benzene rings is 1. The SMILES string of the molecule is COc1ccc(CN(C(=O)NCCC(=O)O)C2CCCCC2C)cc1OC. The molecule has 0 radical (unpaired) electrons. The molecule has 1 fully saturated rings. The maximum atomic E-state index is 12.8. The highest BCUT2D eigenvalue weighted by molar-refractivity contribution is 5.75. The van der Waals surface area contributed by atoms with E-state index in [4.69, 9.17) is 14.6 Å². The highest BCUT2D eigenvalue weighted by atomic mass is 16.5. The van der Waals surface area contributed by atoms with Gasteiger partial charge in [-0.25, -0.2) is 4.79 Å². The lowest BCUT2D eigenvalue weighted by Crippen LogP contribution is -2.49. The average molecular weight is 378 g/mol. The summed E-state index contributed by atoms with van der Waals surface area (Å²) in [6, 6.07) is 5.55. The Morgan fingerprint density at radius 2 is 1.89 bits per heavy atom. The van der Waals surface area contributed by atoms with Crippen molar-refractivity contribution in [2.45, 2.75) is 51.6 Å². The molecule has 0 bridgehead atoms. The maximum absolute atomic E-state index is 12.8. The molecule has 0 aliphatic heterocycles.